The molecule has 12 rings (SSSR count). The number of hydrogen-bond donors (Lipinski definition) is 0. The first-order valence-electron chi connectivity index (χ1n) is 20.0. The highest BCUT2D eigenvalue weighted by Gasteiger charge is 2.31. The van der Waals surface area contributed by atoms with Gasteiger partial charge in [0.2, 0.25) is 0 Å². The Morgan fingerprint density at radius 3 is 1.83 bits per heavy atom. The van der Waals surface area contributed by atoms with Gasteiger partial charge < -0.3 is 9.13 Å². The van der Waals surface area contributed by atoms with Gasteiger partial charge in [0.15, 0.2) is 5.82 Å². The van der Waals surface area contributed by atoms with Crippen LogP contribution in [0.5, 0.6) is 0 Å². The number of nitrogens with zero attached hydrogens (tertiary/aromatic N) is 4. The van der Waals surface area contributed by atoms with Gasteiger partial charge in [0, 0.05) is 60.7 Å². The van der Waals surface area contributed by atoms with Crippen LogP contribution in [0.1, 0.15) is 11.9 Å². The minimum Gasteiger partial charge on any atom is -0.332 e. The van der Waals surface area contributed by atoms with Crippen molar-refractivity contribution in [2.45, 2.75) is 6.04 Å². The van der Waals surface area contributed by atoms with Crippen LogP contribution in [0, 0.1) is 5.92 Å². The van der Waals surface area contributed by atoms with Crippen LogP contribution >= 0.6 is 0 Å². The summed E-state index contributed by atoms with van der Waals surface area (Å²) in [5.41, 5.74) is 13.7. The van der Waals surface area contributed by atoms with Gasteiger partial charge in [-0.05, 0) is 71.3 Å². The minimum atomic E-state index is 0.0581. The first kappa shape index (κ1) is 32.7. The summed E-state index contributed by atoms with van der Waals surface area (Å²) in [7, 11) is 0. The highest BCUT2D eigenvalue weighted by molar-refractivity contribution is 6.12. The number of fused-ring (bicyclic) bond motifs is 8. The monoisotopic (exact) mass is 740 g/mol. The number of rotatable bonds is 5. The van der Waals surface area contributed by atoms with Gasteiger partial charge in [-0.1, -0.05) is 152 Å². The van der Waals surface area contributed by atoms with Gasteiger partial charge >= 0.3 is 0 Å². The third kappa shape index (κ3) is 5.01. The molecular formula is C54H36N4. The summed E-state index contributed by atoms with van der Waals surface area (Å²) in [6.07, 6.45) is 13.6. The van der Waals surface area contributed by atoms with Crippen molar-refractivity contribution in [2.75, 3.05) is 0 Å². The second kappa shape index (κ2) is 13.0. The van der Waals surface area contributed by atoms with Gasteiger partial charge in [-0.15, -0.1) is 0 Å². The summed E-state index contributed by atoms with van der Waals surface area (Å²) in [5, 5.41) is 6.08. The highest BCUT2D eigenvalue weighted by atomic mass is 15.0. The minimum absolute atomic E-state index is 0.0581. The smallest absolute Gasteiger partial charge is 0.160 e. The molecule has 2 atom stereocenters. The van der Waals surface area contributed by atoms with E-state index in [4.69, 9.17) is 9.97 Å². The number of hydrogen-bond acceptors (Lipinski definition) is 2. The first-order valence-corrected chi connectivity index (χ1v) is 20.0. The van der Waals surface area contributed by atoms with Crippen molar-refractivity contribution in [3.63, 3.8) is 0 Å². The molecule has 0 radical (unpaired) electrons. The number of allylic oxidation sites excluding steroid dienone is 8. The number of benzene rings is 7. The Labute approximate surface area is 335 Å². The predicted octanol–water partition coefficient (Wildman–Crippen LogP) is 13.5. The molecule has 0 N–H and O–H groups in total. The zero-order valence-corrected chi connectivity index (χ0v) is 31.6. The molecule has 4 nitrogen and oxygen atoms in total. The number of aromatic nitrogens is 4. The lowest BCUT2D eigenvalue weighted by Crippen LogP contribution is -2.22. The fourth-order valence-corrected chi connectivity index (χ4v) is 9.51. The Morgan fingerprint density at radius 2 is 1.03 bits per heavy atom. The molecule has 10 aromatic rings. The molecule has 0 spiro atoms. The second-order valence-electron chi connectivity index (χ2n) is 15.3. The Balaban J connectivity index is 0.985. The van der Waals surface area contributed by atoms with Crippen LogP contribution in [0.15, 0.2) is 212 Å². The van der Waals surface area contributed by atoms with E-state index in [0.29, 0.717) is 0 Å². The standard InChI is InChI=1S/C54H36N4/c1-3-15-35(16-4-1)53-44-23-9-12-24-47(44)55-54(56-53)43-29-32-50(40-20-8-7-19-39(40)43)58-49-26-14-11-22-42(49)46-34-37(28-31-52(46)58)36-27-30-51-45(33-36)41-21-10-13-25-48(41)57(51)38-17-5-2-6-18-38/h1-34,40,50H. The van der Waals surface area contributed by atoms with Crippen LogP contribution < -0.4 is 0 Å². The van der Waals surface area contributed by atoms with Crippen molar-refractivity contribution in [1.29, 1.82) is 0 Å². The Kier molecular flexibility index (Phi) is 7.32. The van der Waals surface area contributed by atoms with E-state index < -0.39 is 0 Å². The van der Waals surface area contributed by atoms with E-state index in [2.05, 4.69) is 209 Å². The quantitative estimate of drug-likeness (QED) is 0.176. The van der Waals surface area contributed by atoms with E-state index in [1.807, 2.05) is 6.07 Å². The average Bonchev–Trinajstić information content (AvgIpc) is 3.81. The summed E-state index contributed by atoms with van der Waals surface area (Å²) < 4.78 is 4.92. The van der Waals surface area contributed by atoms with Gasteiger partial charge in [-0.25, -0.2) is 9.97 Å². The van der Waals surface area contributed by atoms with Crippen LogP contribution in [0.25, 0.3) is 88.2 Å². The molecule has 0 amide bonds. The summed E-state index contributed by atoms with van der Waals surface area (Å²) in [6, 6.07) is 61.1. The van der Waals surface area contributed by atoms with E-state index in [-0.39, 0.29) is 12.0 Å². The molecule has 272 valence electrons. The van der Waals surface area contributed by atoms with Gasteiger partial charge in [0.05, 0.1) is 28.3 Å². The fraction of sp³-hybridized carbons (Fsp3) is 0.0370. The van der Waals surface area contributed by atoms with E-state index >= 15 is 0 Å². The average molecular weight is 741 g/mol. The molecule has 7 aromatic carbocycles. The topological polar surface area (TPSA) is 35.6 Å². The van der Waals surface area contributed by atoms with Crippen molar-refractivity contribution in [2.24, 2.45) is 5.92 Å². The van der Waals surface area contributed by atoms with Crippen molar-refractivity contribution in [3.8, 4) is 28.1 Å². The fourth-order valence-electron chi connectivity index (χ4n) is 9.51. The summed E-state index contributed by atoms with van der Waals surface area (Å²) >= 11 is 0. The molecule has 3 aromatic heterocycles. The third-order valence-electron chi connectivity index (χ3n) is 12.1. The Hall–Kier alpha value is -7.56. The summed E-state index contributed by atoms with van der Waals surface area (Å²) in [6.45, 7) is 0. The van der Waals surface area contributed by atoms with E-state index in [1.54, 1.807) is 0 Å². The Bertz CT molecular complexity index is 3400. The van der Waals surface area contributed by atoms with Crippen LogP contribution in [0.3, 0.4) is 0 Å². The molecule has 0 bridgehead atoms. The maximum Gasteiger partial charge on any atom is 0.160 e. The second-order valence-corrected chi connectivity index (χ2v) is 15.3. The van der Waals surface area contributed by atoms with E-state index in [9.17, 15) is 0 Å². The summed E-state index contributed by atoms with van der Waals surface area (Å²) in [5.74, 6) is 0.853. The molecule has 2 aliphatic rings. The van der Waals surface area contributed by atoms with Gasteiger partial charge in [0.1, 0.15) is 0 Å². The maximum absolute atomic E-state index is 5.28. The lowest BCUT2D eigenvalue weighted by Gasteiger charge is -2.32. The maximum atomic E-state index is 5.28. The molecule has 2 unspecified atom stereocenters. The first-order chi connectivity index (χ1) is 28.8. The molecule has 0 fully saturated rings. The molecular weight excluding hydrogens is 705 g/mol. The lowest BCUT2D eigenvalue weighted by molar-refractivity contribution is 0.536. The van der Waals surface area contributed by atoms with Crippen LogP contribution in [0.2, 0.25) is 0 Å². The molecule has 2 aliphatic carbocycles. The van der Waals surface area contributed by atoms with Crippen LogP contribution in [-0.2, 0) is 0 Å². The largest absolute Gasteiger partial charge is 0.332 e. The third-order valence-corrected chi connectivity index (χ3v) is 12.1. The molecule has 0 saturated carbocycles. The van der Waals surface area contributed by atoms with Gasteiger partial charge in [-0.2, -0.15) is 0 Å². The molecule has 4 heteroatoms. The Morgan fingerprint density at radius 1 is 0.431 bits per heavy atom. The SMILES string of the molecule is C1=CC2=C(c3nc(-c4ccccc4)c4ccccc4n3)C=CC(n3c4ccccc4c4cc(-c5ccc6c(c5)c5ccccc5n6-c5ccccc5)ccc43)C2C=C1. The van der Waals surface area contributed by atoms with E-state index in [1.165, 1.54) is 66.0 Å². The van der Waals surface area contributed by atoms with Crippen LogP contribution in [0.4, 0.5) is 0 Å². The van der Waals surface area contributed by atoms with Crippen molar-refractivity contribution in [1.82, 2.24) is 19.1 Å². The lowest BCUT2D eigenvalue weighted by atomic mass is 9.80. The normalized spacial score (nSPS) is 16.3. The molecule has 3 heterocycles. The van der Waals surface area contributed by atoms with Gasteiger partial charge in [0.25, 0.3) is 0 Å². The zero-order chi connectivity index (χ0) is 38.2. The zero-order valence-electron chi connectivity index (χ0n) is 31.6. The van der Waals surface area contributed by atoms with E-state index in [0.717, 1.165) is 33.6 Å². The van der Waals surface area contributed by atoms with Crippen molar-refractivity contribution >= 4 is 60.1 Å². The van der Waals surface area contributed by atoms with Crippen LogP contribution in [-0.4, -0.2) is 19.1 Å². The van der Waals surface area contributed by atoms with Crippen molar-refractivity contribution in [3.05, 3.63) is 218 Å². The summed E-state index contributed by atoms with van der Waals surface area (Å²) in [4.78, 5) is 10.4. The highest BCUT2D eigenvalue weighted by Crippen LogP contribution is 2.45. The molecule has 0 aliphatic heterocycles. The molecule has 58 heavy (non-hydrogen) atoms. The number of para-hydroxylation sites is 4. The molecule has 0 saturated heterocycles. The van der Waals surface area contributed by atoms with Crippen molar-refractivity contribution < 1.29 is 0 Å². The van der Waals surface area contributed by atoms with Gasteiger partial charge in [-0.3, -0.25) is 0 Å². The predicted molar refractivity (Wildman–Crippen MR) is 241 cm³/mol.